The summed E-state index contributed by atoms with van der Waals surface area (Å²) in [5, 5.41) is 9.62. The maximum atomic E-state index is 11.2. The molecule has 0 spiro atoms. The summed E-state index contributed by atoms with van der Waals surface area (Å²) in [6.07, 6.45) is 16.3. The van der Waals surface area contributed by atoms with Crippen LogP contribution in [0.1, 0.15) is 162 Å². The van der Waals surface area contributed by atoms with Crippen LogP contribution in [0.15, 0.2) is 61.8 Å². The second-order valence-corrected chi connectivity index (χ2v) is 18.8. The Kier molecular flexibility index (Phi) is 36.0. The number of aliphatic hydroxyl groups excluding tert-OH is 1. The van der Waals surface area contributed by atoms with E-state index in [2.05, 4.69) is 32.9 Å². The van der Waals surface area contributed by atoms with Crippen LogP contribution < -0.4 is 0 Å². The van der Waals surface area contributed by atoms with Gasteiger partial charge in [-0.2, -0.15) is 0 Å². The molecule has 5 fully saturated rings. The standard InChI is InChI=1S/C12H18O5.C12H18O4.2C11H16O4.C10H14O4/c1-8(2)12(15)16-7-9(13)6-10-4-3-5-11(14)17-10;1-9(2)12(14)15-8-7-10-5-3-4-6-11(13)16-10;1-8(2)11(13)14-7-9-5-3-4-6-10(12)15-9;1-2-10(12)14-8-7-9-5-3-4-6-11(13)15-9;1-2-9(11)13-7-8-5-3-4-6-10(12)14-8/h9-10,13H,1,3-7H2,2H3;10H,1,3-8H2,2H3;9H,1,3-7H2,2H3;2,9H,1,3-8H2;2,8H,1,3-7H2. The Morgan fingerprint density at radius 3 is 1.21 bits per heavy atom. The van der Waals surface area contributed by atoms with Crippen LogP contribution in [0.25, 0.3) is 0 Å². The molecule has 21 nitrogen and oxygen atoms in total. The number of hydrogen-bond donors (Lipinski definition) is 1. The molecule has 5 heterocycles. The maximum Gasteiger partial charge on any atom is 0.333 e. The molecule has 0 aromatic heterocycles. The number of hydrogen-bond acceptors (Lipinski definition) is 21. The van der Waals surface area contributed by atoms with Crippen molar-refractivity contribution < 1.29 is 100 Å². The molecule has 0 radical (unpaired) electrons. The van der Waals surface area contributed by atoms with Crippen molar-refractivity contribution in [2.24, 2.45) is 0 Å². The van der Waals surface area contributed by atoms with E-state index in [0.29, 0.717) is 68.1 Å². The lowest BCUT2D eigenvalue weighted by atomic mass is 10.0. The minimum absolute atomic E-state index is 0.0975. The number of aliphatic hydroxyl groups is 1. The smallest absolute Gasteiger partial charge is 0.333 e. The van der Waals surface area contributed by atoms with Gasteiger partial charge in [-0.3, -0.25) is 24.0 Å². The maximum absolute atomic E-state index is 11.2. The zero-order valence-corrected chi connectivity index (χ0v) is 45.4. The van der Waals surface area contributed by atoms with Gasteiger partial charge in [0.15, 0.2) is 0 Å². The number of carbonyl (C=O) groups excluding carboxylic acids is 10. The highest BCUT2D eigenvalue weighted by atomic mass is 16.6. The molecule has 5 rings (SSSR count). The third-order valence-corrected chi connectivity index (χ3v) is 11.5. The lowest BCUT2D eigenvalue weighted by molar-refractivity contribution is -0.157. The van der Waals surface area contributed by atoms with Gasteiger partial charge in [0.1, 0.15) is 50.3 Å². The fourth-order valence-electron chi connectivity index (χ4n) is 7.31. The minimum Gasteiger partial charge on any atom is -0.462 e. The van der Waals surface area contributed by atoms with Crippen LogP contribution >= 0.6 is 0 Å². The Bertz CT molecular complexity index is 1990. The van der Waals surface area contributed by atoms with Gasteiger partial charge in [0.2, 0.25) is 0 Å². The van der Waals surface area contributed by atoms with E-state index in [-0.39, 0.29) is 99.4 Å². The van der Waals surface area contributed by atoms with Gasteiger partial charge in [-0.05, 0) is 111 Å². The molecular formula is C56H82O21. The monoisotopic (exact) mass is 1090 g/mol. The Balaban J connectivity index is 0.000000482. The molecule has 0 aromatic carbocycles. The second-order valence-electron chi connectivity index (χ2n) is 18.8. The molecule has 5 aliphatic rings. The predicted molar refractivity (Wildman–Crippen MR) is 277 cm³/mol. The zero-order chi connectivity index (χ0) is 57.5. The topological polar surface area (TPSA) is 283 Å². The molecule has 0 aromatic rings. The van der Waals surface area contributed by atoms with Crippen molar-refractivity contribution in [3.8, 4) is 0 Å². The van der Waals surface area contributed by atoms with Gasteiger partial charge in [-0.1, -0.05) is 32.9 Å². The van der Waals surface area contributed by atoms with E-state index < -0.39 is 30.0 Å². The first kappa shape index (κ1) is 68.4. The summed E-state index contributed by atoms with van der Waals surface area (Å²) in [6.45, 7) is 22.4. The third-order valence-electron chi connectivity index (χ3n) is 11.5. The van der Waals surface area contributed by atoms with Crippen molar-refractivity contribution in [3.63, 3.8) is 0 Å². The summed E-state index contributed by atoms with van der Waals surface area (Å²) >= 11 is 0. The molecule has 0 amide bonds. The van der Waals surface area contributed by atoms with Crippen LogP contribution in [0.3, 0.4) is 0 Å². The fraction of sp³-hybridized carbons (Fsp3) is 0.643. The SMILES string of the molecule is C=C(C)C(=O)OCC(O)CC1CCCC(=O)O1.C=C(C)C(=O)OCC1CCCCC(=O)O1.C=C(C)C(=O)OCCC1CCCCC(=O)O1.C=CC(=O)OCC1CCCCC(=O)O1.C=CC(=O)OCCC1CCCCC(=O)O1. The van der Waals surface area contributed by atoms with Gasteiger partial charge in [0.05, 0.1) is 19.3 Å². The Labute approximate surface area is 452 Å². The molecule has 21 heteroatoms. The summed E-state index contributed by atoms with van der Waals surface area (Å²) < 4.78 is 49.9. The molecule has 5 saturated heterocycles. The van der Waals surface area contributed by atoms with E-state index in [9.17, 15) is 53.1 Å². The predicted octanol–water partition coefficient (Wildman–Crippen LogP) is 7.32. The lowest BCUT2D eigenvalue weighted by Gasteiger charge is -2.24. The van der Waals surface area contributed by atoms with Crippen molar-refractivity contribution >= 4 is 59.7 Å². The zero-order valence-electron chi connectivity index (χ0n) is 45.4. The molecule has 6 unspecified atom stereocenters. The normalized spacial score (nSPS) is 21.4. The summed E-state index contributed by atoms with van der Waals surface area (Å²) in [5.74, 6) is -3.19. The molecule has 0 aliphatic carbocycles. The molecule has 5 aliphatic heterocycles. The third kappa shape index (κ3) is 35.3. The molecule has 77 heavy (non-hydrogen) atoms. The number of ether oxygens (including phenoxy) is 10. The molecule has 1 N–H and O–H groups in total. The second kappa shape index (κ2) is 40.6. The van der Waals surface area contributed by atoms with Crippen LogP contribution in [-0.2, 0) is 95.3 Å². The van der Waals surface area contributed by atoms with E-state index in [0.717, 1.165) is 102 Å². The molecular weight excluding hydrogens is 1010 g/mol. The number of rotatable bonds is 19. The Hall–Kier alpha value is -6.64. The van der Waals surface area contributed by atoms with Crippen LogP contribution in [0.5, 0.6) is 0 Å². The molecule has 432 valence electrons. The van der Waals surface area contributed by atoms with Gasteiger partial charge in [-0.15, -0.1) is 0 Å². The average Bonchev–Trinajstić information content (AvgIpc) is 3.92. The first-order valence-electron chi connectivity index (χ1n) is 26.3. The van der Waals surface area contributed by atoms with E-state index in [1.807, 2.05) is 0 Å². The van der Waals surface area contributed by atoms with E-state index in [1.165, 1.54) is 6.92 Å². The first-order chi connectivity index (χ1) is 36.6. The van der Waals surface area contributed by atoms with Crippen molar-refractivity contribution in [2.75, 3.05) is 33.0 Å². The summed E-state index contributed by atoms with van der Waals surface area (Å²) in [4.78, 5) is 110. The lowest BCUT2D eigenvalue weighted by Crippen LogP contribution is -2.30. The highest BCUT2D eigenvalue weighted by Crippen LogP contribution is 2.21. The van der Waals surface area contributed by atoms with E-state index in [1.54, 1.807) is 13.8 Å². The van der Waals surface area contributed by atoms with Crippen molar-refractivity contribution in [1.29, 1.82) is 0 Å². The summed E-state index contributed by atoms with van der Waals surface area (Å²) in [5.41, 5.74) is 1.04. The fourth-order valence-corrected chi connectivity index (χ4v) is 7.31. The van der Waals surface area contributed by atoms with Crippen LogP contribution in [-0.4, -0.2) is 134 Å². The Morgan fingerprint density at radius 1 is 0.468 bits per heavy atom. The molecule has 6 atom stereocenters. The minimum atomic E-state index is -0.811. The number of cyclic esters (lactones) is 5. The summed E-state index contributed by atoms with van der Waals surface area (Å²) in [6, 6.07) is 0. The van der Waals surface area contributed by atoms with Crippen molar-refractivity contribution in [1.82, 2.24) is 0 Å². The van der Waals surface area contributed by atoms with Crippen LogP contribution in [0, 0.1) is 0 Å². The van der Waals surface area contributed by atoms with Crippen LogP contribution in [0.4, 0.5) is 0 Å². The molecule has 0 bridgehead atoms. The number of carbonyl (C=O) groups is 10. The largest absolute Gasteiger partial charge is 0.462 e. The highest BCUT2D eigenvalue weighted by molar-refractivity contribution is 5.88. The quantitative estimate of drug-likeness (QED) is 0.0753. The highest BCUT2D eigenvalue weighted by Gasteiger charge is 2.25. The van der Waals surface area contributed by atoms with Gasteiger partial charge in [0, 0.05) is 80.2 Å². The first-order valence-corrected chi connectivity index (χ1v) is 26.3. The average molecular weight is 1090 g/mol. The van der Waals surface area contributed by atoms with Crippen molar-refractivity contribution in [2.45, 2.75) is 199 Å². The van der Waals surface area contributed by atoms with Crippen molar-refractivity contribution in [3.05, 3.63) is 61.8 Å². The number of esters is 10. The van der Waals surface area contributed by atoms with E-state index >= 15 is 0 Å². The van der Waals surface area contributed by atoms with Gasteiger partial charge in [0.25, 0.3) is 0 Å². The van der Waals surface area contributed by atoms with Gasteiger partial charge in [-0.25, -0.2) is 24.0 Å². The molecule has 0 saturated carbocycles. The van der Waals surface area contributed by atoms with Gasteiger partial charge >= 0.3 is 59.7 Å². The van der Waals surface area contributed by atoms with Crippen LogP contribution in [0.2, 0.25) is 0 Å². The Morgan fingerprint density at radius 2 is 0.792 bits per heavy atom. The summed E-state index contributed by atoms with van der Waals surface area (Å²) in [7, 11) is 0. The van der Waals surface area contributed by atoms with E-state index in [4.69, 9.17) is 47.4 Å². The van der Waals surface area contributed by atoms with Gasteiger partial charge < -0.3 is 52.5 Å².